The summed E-state index contributed by atoms with van der Waals surface area (Å²) < 4.78 is 2.50. The van der Waals surface area contributed by atoms with Crippen molar-refractivity contribution in [2.45, 2.75) is 26.2 Å². The van der Waals surface area contributed by atoms with Crippen molar-refractivity contribution < 1.29 is 0 Å². The smallest absolute Gasteiger partial charge is 0.252 e. The second kappa shape index (κ2) is 23.4. The number of rotatable bonds is 10. The summed E-state index contributed by atoms with van der Waals surface area (Å²) in [5.41, 5.74) is 30.9. The molecule has 0 N–H and O–H groups in total. The summed E-state index contributed by atoms with van der Waals surface area (Å²) in [6.45, 7) is 6.91. The quantitative estimate of drug-likeness (QED) is 0.0999. The molecule has 0 bridgehead atoms. The van der Waals surface area contributed by atoms with Crippen LogP contribution in [0, 0.1) is 0 Å². The van der Waals surface area contributed by atoms with Crippen LogP contribution in [0.1, 0.15) is 26.3 Å². The zero-order valence-electron chi connectivity index (χ0n) is 57.0. The van der Waals surface area contributed by atoms with Crippen molar-refractivity contribution in [3.8, 4) is 83.6 Å². The zero-order chi connectivity index (χ0) is 67.7. The molecule has 102 heavy (non-hydrogen) atoms. The lowest BCUT2D eigenvalue weighted by Crippen LogP contribution is -2.61. The van der Waals surface area contributed by atoms with E-state index in [9.17, 15) is 0 Å². The summed E-state index contributed by atoms with van der Waals surface area (Å²) >= 11 is 0. The average molecular weight is 1300 g/mol. The van der Waals surface area contributed by atoms with E-state index in [0.29, 0.717) is 0 Å². The normalized spacial score (nSPS) is 12.6. The second-order valence-corrected chi connectivity index (χ2v) is 28.7. The van der Waals surface area contributed by atoms with Crippen molar-refractivity contribution in [2.75, 3.05) is 9.80 Å². The number of fused-ring (bicyclic) bond motifs is 7. The van der Waals surface area contributed by atoms with Crippen LogP contribution in [-0.2, 0) is 5.41 Å². The van der Waals surface area contributed by atoms with Crippen LogP contribution >= 0.6 is 0 Å². The highest BCUT2D eigenvalue weighted by molar-refractivity contribution is 7.00. The fraction of sp³-hybridized carbons (Fsp3) is 0.0408. The molecule has 3 heterocycles. The van der Waals surface area contributed by atoms with Gasteiger partial charge in [-0.05, 0) is 182 Å². The molecule has 478 valence electrons. The minimum atomic E-state index is -0.327. The molecule has 0 radical (unpaired) electrons. The SMILES string of the molecule is CC(C)(C)c1cc2c3c(c1)N(c1c(-c4ccccc4)cc(-c4ccccc4)cc1-c1ccccc1)c1cc(-n4c5ccccc5c5ccccc54)ccc1B3c1cc(-c3ccc4ccc5cccc6ccc3c4c56)ccc1N2c1c(-c2ccccc2)cc(-c2ccccc2)cc1-c1ccccc1. The summed E-state index contributed by atoms with van der Waals surface area (Å²) in [7, 11) is 0. The first-order chi connectivity index (χ1) is 50.3. The molecule has 0 saturated carbocycles. The van der Waals surface area contributed by atoms with Gasteiger partial charge in [0.15, 0.2) is 0 Å². The van der Waals surface area contributed by atoms with Crippen LogP contribution in [-0.4, -0.2) is 11.3 Å². The standard InChI is InChI=1S/C98H68BN3/c1-98(2,3)75-60-91-95-92(61-75)102(97-83(67-35-18-8-19-36-67)57-74(64-29-12-5-13-30-64)58-84(97)68-37-20-9-21-38-68)90-62-76(100-87-43-24-22-41-78(87)79-42-23-25-44-88(79)100)50-53-85(90)99(95)86-59-72(77-51-47-71-46-45-69-39-26-40-70-48-52-80(77)94(71)93(69)70)49-54-89(86)101(91)96-81(65-31-14-6-15-32-65)55-73(63-27-10-4-11-28-63)56-82(96)66-33-16-7-17-34-66/h4-62H,1-3H3. The Morgan fingerprint density at radius 1 is 0.255 bits per heavy atom. The van der Waals surface area contributed by atoms with Gasteiger partial charge in [0.1, 0.15) is 0 Å². The molecule has 0 unspecified atom stereocenters. The highest BCUT2D eigenvalue weighted by Crippen LogP contribution is 2.56. The molecule has 2 aliphatic rings. The second-order valence-electron chi connectivity index (χ2n) is 28.7. The third kappa shape index (κ3) is 9.44. The molecular weight excluding hydrogens is 1230 g/mol. The van der Waals surface area contributed by atoms with Gasteiger partial charge in [0.05, 0.1) is 22.4 Å². The maximum atomic E-state index is 2.72. The molecule has 0 saturated heterocycles. The predicted molar refractivity (Wildman–Crippen MR) is 435 cm³/mol. The van der Waals surface area contributed by atoms with Gasteiger partial charge in [0.2, 0.25) is 0 Å². The largest absolute Gasteiger partial charge is 0.310 e. The minimum absolute atomic E-state index is 0.263. The molecule has 17 aromatic carbocycles. The first kappa shape index (κ1) is 59.3. The van der Waals surface area contributed by atoms with Crippen LogP contribution in [0.15, 0.2) is 358 Å². The van der Waals surface area contributed by atoms with Gasteiger partial charge in [0.25, 0.3) is 6.71 Å². The van der Waals surface area contributed by atoms with Crippen LogP contribution in [0.2, 0.25) is 0 Å². The molecule has 2 aliphatic heterocycles. The Labute approximate surface area is 595 Å². The number of benzene rings is 17. The Bertz CT molecular complexity index is 6150. The highest BCUT2D eigenvalue weighted by Gasteiger charge is 2.46. The minimum Gasteiger partial charge on any atom is -0.310 e. The van der Waals surface area contributed by atoms with E-state index >= 15 is 0 Å². The molecule has 20 rings (SSSR count). The number of nitrogens with zero attached hydrogens (tertiary/aromatic N) is 3. The van der Waals surface area contributed by atoms with Crippen LogP contribution in [0.5, 0.6) is 0 Å². The number of para-hydroxylation sites is 2. The molecule has 4 heteroatoms. The monoisotopic (exact) mass is 1300 g/mol. The summed E-state index contributed by atoms with van der Waals surface area (Å²) in [6, 6.07) is 135. The van der Waals surface area contributed by atoms with E-state index in [1.165, 1.54) is 87.2 Å². The Hall–Kier alpha value is -12.8. The van der Waals surface area contributed by atoms with Crippen molar-refractivity contribution in [1.82, 2.24) is 4.57 Å². The predicted octanol–water partition coefficient (Wildman–Crippen LogP) is 24.7. The van der Waals surface area contributed by atoms with E-state index in [0.717, 1.165) is 107 Å². The van der Waals surface area contributed by atoms with Crippen molar-refractivity contribution in [3.05, 3.63) is 363 Å². The van der Waals surface area contributed by atoms with Gasteiger partial charge in [-0.15, -0.1) is 0 Å². The third-order valence-corrected chi connectivity index (χ3v) is 21.8. The Morgan fingerprint density at radius 3 is 1.16 bits per heavy atom. The van der Waals surface area contributed by atoms with Crippen molar-refractivity contribution in [3.63, 3.8) is 0 Å². The Balaban J connectivity index is 0.967. The topological polar surface area (TPSA) is 11.4 Å². The van der Waals surface area contributed by atoms with E-state index in [4.69, 9.17) is 0 Å². The van der Waals surface area contributed by atoms with E-state index in [1.54, 1.807) is 0 Å². The van der Waals surface area contributed by atoms with E-state index in [1.807, 2.05) is 0 Å². The van der Waals surface area contributed by atoms with Gasteiger partial charge in [-0.2, -0.15) is 0 Å². The van der Waals surface area contributed by atoms with Crippen LogP contribution in [0.25, 0.3) is 138 Å². The van der Waals surface area contributed by atoms with Gasteiger partial charge in [-0.1, -0.05) is 312 Å². The molecule has 0 spiro atoms. The highest BCUT2D eigenvalue weighted by atomic mass is 15.2. The maximum absolute atomic E-state index is 2.72. The number of aromatic nitrogens is 1. The van der Waals surface area contributed by atoms with E-state index in [-0.39, 0.29) is 12.1 Å². The van der Waals surface area contributed by atoms with Gasteiger partial charge in [-0.25, -0.2) is 0 Å². The first-order valence-corrected chi connectivity index (χ1v) is 35.7. The van der Waals surface area contributed by atoms with Gasteiger partial charge < -0.3 is 14.4 Å². The molecule has 1 aromatic heterocycles. The lowest BCUT2D eigenvalue weighted by Gasteiger charge is -2.46. The van der Waals surface area contributed by atoms with Crippen molar-refractivity contribution in [2.24, 2.45) is 0 Å². The van der Waals surface area contributed by atoms with Crippen LogP contribution in [0.3, 0.4) is 0 Å². The van der Waals surface area contributed by atoms with Crippen molar-refractivity contribution >= 4 is 111 Å². The summed E-state index contributed by atoms with van der Waals surface area (Å²) in [5, 5.41) is 10.1. The molecule has 18 aromatic rings. The summed E-state index contributed by atoms with van der Waals surface area (Å²) in [5.74, 6) is 0. The Kier molecular flexibility index (Phi) is 13.6. The Morgan fingerprint density at radius 2 is 0.676 bits per heavy atom. The summed E-state index contributed by atoms with van der Waals surface area (Å²) in [6.07, 6.45) is 0. The van der Waals surface area contributed by atoms with Gasteiger partial charge in [-0.3, -0.25) is 0 Å². The molecule has 0 amide bonds. The van der Waals surface area contributed by atoms with Gasteiger partial charge >= 0.3 is 0 Å². The lowest BCUT2D eigenvalue weighted by atomic mass is 9.33. The number of hydrogen-bond acceptors (Lipinski definition) is 2. The fourth-order valence-corrected chi connectivity index (χ4v) is 17.1. The molecule has 0 fully saturated rings. The van der Waals surface area contributed by atoms with Crippen LogP contribution < -0.4 is 26.2 Å². The fourth-order valence-electron chi connectivity index (χ4n) is 17.1. The third-order valence-electron chi connectivity index (χ3n) is 21.8. The number of anilines is 6. The van der Waals surface area contributed by atoms with Crippen molar-refractivity contribution in [1.29, 1.82) is 0 Å². The van der Waals surface area contributed by atoms with Gasteiger partial charge in [0, 0.05) is 61.5 Å². The number of hydrogen-bond donors (Lipinski definition) is 0. The molecular formula is C98H68BN3. The van der Waals surface area contributed by atoms with E-state index < -0.39 is 0 Å². The summed E-state index contributed by atoms with van der Waals surface area (Å²) in [4.78, 5) is 5.43. The maximum Gasteiger partial charge on any atom is 0.252 e. The zero-order valence-corrected chi connectivity index (χ0v) is 57.0. The van der Waals surface area contributed by atoms with E-state index in [2.05, 4.69) is 393 Å². The first-order valence-electron chi connectivity index (χ1n) is 35.7. The molecule has 0 aliphatic carbocycles. The average Bonchev–Trinajstić information content (AvgIpc) is 0.707. The lowest BCUT2D eigenvalue weighted by molar-refractivity contribution is 0.590. The van der Waals surface area contributed by atoms with Crippen LogP contribution in [0.4, 0.5) is 34.1 Å². The molecule has 0 atom stereocenters. The molecule has 3 nitrogen and oxygen atoms in total.